The highest BCUT2D eigenvalue weighted by Gasteiger charge is 2.26. The third-order valence-corrected chi connectivity index (χ3v) is 7.27. The molecule has 0 aliphatic heterocycles. The van der Waals surface area contributed by atoms with Crippen LogP contribution in [0, 0.1) is 12.7 Å². The number of anilines is 1. The number of amides is 1. The molecule has 0 saturated carbocycles. The second kappa shape index (κ2) is 10.3. The van der Waals surface area contributed by atoms with E-state index in [1.807, 2.05) is 13.8 Å². The topological polar surface area (TPSA) is 79.6 Å². The second-order valence-electron chi connectivity index (χ2n) is 7.79. The van der Waals surface area contributed by atoms with Crippen LogP contribution in [0.4, 0.5) is 10.1 Å². The Hall–Kier alpha value is -2.71. The molecule has 1 amide bonds. The summed E-state index contributed by atoms with van der Waals surface area (Å²) in [6.45, 7) is 6.74. The van der Waals surface area contributed by atoms with Crippen LogP contribution in [0.3, 0.4) is 0 Å². The predicted octanol–water partition coefficient (Wildman–Crippen LogP) is 5.72. The van der Waals surface area contributed by atoms with Crippen LogP contribution in [0.2, 0.25) is 0 Å². The van der Waals surface area contributed by atoms with Crippen molar-refractivity contribution in [3.8, 4) is 0 Å². The van der Waals surface area contributed by atoms with Crippen LogP contribution in [-0.4, -0.2) is 31.7 Å². The van der Waals surface area contributed by atoms with Gasteiger partial charge in [0.2, 0.25) is 10.0 Å². The van der Waals surface area contributed by atoms with Crippen molar-refractivity contribution in [2.45, 2.75) is 51.3 Å². The number of nitrogens with zero attached hydrogens (tertiary/aromatic N) is 1. The highest BCUT2D eigenvalue weighted by Crippen LogP contribution is 2.29. The number of aryl methyl sites for hydroxylation is 1. The van der Waals surface area contributed by atoms with E-state index in [4.69, 9.17) is 4.42 Å². The predicted molar refractivity (Wildman–Crippen MR) is 124 cm³/mol. The van der Waals surface area contributed by atoms with Crippen molar-refractivity contribution in [2.75, 3.05) is 18.4 Å². The van der Waals surface area contributed by atoms with E-state index in [1.165, 1.54) is 30.3 Å². The van der Waals surface area contributed by atoms with E-state index in [0.29, 0.717) is 35.3 Å². The summed E-state index contributed by atoms with van der Waals surface area (Å²) < 4.78 is 46.9. The maximum atomic E-state index is 13.3. The van der Waals surface area contributed by atoms with Crippen molar-refractivity contribution in [2.24, 2.45) is 0 Å². The summed E-state index contributed by atoms with van der Waals surface area (Å²) in [7, 11) is -3.66. The molecule has 172 valence electrons. The van der Waals surface area contributed by atoms with Gasteiger partial charge in [0, 0.05) is 29.7 Å². The first-order chi connectivity index (χ1) is 15.3. The monoisotopic (exact) mass is 460 g/mol. The molecule has 0 bridgehead atoms. The van der Waals surface area contributed by atoms with Crippen LogP contribution >= 0.6 is 0 Å². The van der Waals surface area contributed by atoms with Gasteiger partial charge in [-0.3, -0.25) is 4.79 Å². The minimum Gasteiger partial charge on any atom is -0.451 e. The molecule has 2 aromatic carbocycles. The molecule has 3 rings (SSSR count). The molecule has 0 fully saturated rings. The zero-order chi connectivity index (χ0) is 23.3. The average molecular weight is 461 g/mol. The standard InChI is InChI=1S/C24H29FN2O4S/c1-4-6-14-27(15-7-5-2)32(29,30)20-12-13-22-21(16-20)17(3)23(31-22)24(28)26-19-10-8-18(25)9-11-19/h8-13,16H,4-7,14-15H2,1-3H3,(H,26,28). The van der Waals surface area contributed by atoms with Gasteiger partial charge in [0.15, 0.2) is 5.76 Å². The fourth-order valence-corrected chi connectivity index (χ4v) is 5.01. The SMILES string of the molecule is CCCCN(CCCC)S(=O)(=O)c1ccc2oc(C(=O)Nc3ccc(F)cc3)c(C)c2c1. The Bertz CT molecular complexity index is 1180. The Labute approximate surface area is 188 Å². The number of furan rings is 1. The molecule has 0 aliphatic carbocycles. The minimum atomic E-state index is -3.66. The highest BCUT2D eigenvalue weighted by molar-refractivity contribution is 7.89. The lowest BCUT2D eigenvalue weighted by Crippen LogP contribution is -2.33. The largest absolute Gasteiger partial charge is 0.451 e. The number of sulfonamides is 1. The summed E-state index contributed by atoms with van der Waals surface area (Å²) in [6.07, 6.45) is 3.41. The fraction of sp³-hybridized carbons (Fsp3) is 0.375. The molecule has 1 heterocycles. The van der Waals surface area contributed by atoms with E-state index >= 15 is 0 Å². The molecule has 0 unspecified atom stereocenters. The van der Waals surface area contributed by atoms with Gasteiger partial charge in [-0.1, -0.05) is 26.7 Å². The molecule has 0 radical (unpaired) electrons. The first kappa shape index (κ1) is 23.9. The molecule has 6 nitrogen and oxygen atoms in total. The van der Waals surface area contributed by atoms with E-state index in [2.05, 4.69) is 5.32 Å². The Balaban J connectivity index is 1.92. The molecule has 8 heteroatoms. The van der Waals surface area contributed by atoms with E-state index in [-0.39, 0.29) is 10.7 Å². The van der Waals surface area contributed by atoms with Gasteiger partial charge < -0.3 is 9.73 Å². The smallest absolute Gasteiger partial charge is 0.291 e. The van der Waals surface area contributed by atoms with Crippen LogP contribution in [0.5, 0.6) is 0 Å². The van der Waals surface area contributed by atoms with Gasteiger partial charge in [-0.25, -0.2) is 12.8 Å². The van der Waals surface area contributed by atoms with E-state index in [0.717, 1.165) is 25.7 Å². The summed E-state index contributed by atoms with van der Waals surface area (Å²) in [4.78, 5) is 12.9. The van der Waals surface area contributed by atoms with Crippen LogP contribution in [-0.2, 0) is 10.0 Å². The van der Waals surface area contributed by atoms with E-state index < -0.39 is 21.7 Å². The van der Waals surface area contributed by atoms with Gasteiger partial charge in [-0.2, -0.15) is 4.31 Å². The number of unbranched alkanes of at least 4 members (excludes halogenated alkanes) is 2. The molecule has 3 aromatic rings. The number of nitrogens with one attached hydrogen (secondary N) is 1. The quantitative estimate of drug-likeness (QED) is 0.419. The zero-order valence-corrected chi connectivity index (χ0v) is 19.5. The lowest BCUT2D eigenvalue weighted by atomic mass is 10.1. The first-order valence-electron chi connectivity index (χ1n) is 10.9. The van der Waals surface area contributed by atoms with E-state index in [1.54, 1.807) is 23.4 Å². The molecule has 1 N–H and O–H groups in total. The molecule has 32 heavy (non-hydrogen) atoms. The third-order valence-electron chi connectivity index (χ3n) is 5.38. The molecule has 1 aromatic heterocycles. The average Bonchev–Trinajstić information content (AvgIpc) is 3.11. The number of carbonyl (C=O) groups excluding carboxylic acids is 1. The van der Waals surface area contributed by atoms with E-state index in [9.17, 15) is 17.6 Å². The molecule has 0 aliphatic rings. The zero-order valence-electron chi connectivity index (χ0n) is 18.7. The van der Waals surface area contributed by atoms with Gasteiger partial charge in [-0.05, 0) is 62.2 Å². The first-order valence-corrected chi connectivity index (χ1v) is 12.3. The Morgan fingerprint density at radius 1 is 1.03 bits per heavy atom. The summed E-state index contributed by atoms with van der Waals surface area (Å²) in [5.74, 6) is -0.793. The van der Waals surface area contributed by atoms with Gasteiger partial charge in [0.25, 0.3) is 5.91 Å². The van der Waals surface area contributed by atoms with Crippen molar-refractivity contribution in [3.63, 3.8) is 0 Å². The number of benzene rings is 2. The molecule has 0 atom stereocenters. The molecular formula is C24H29FN2O4S. The second-order valence-corrected chi connectivity index (χ2v) is 9.72. The number of hydrogen-bond donors (Lipinski definition) is 1. The van der Waals surface area contributed by atoms with Gasteiger partial charge >= 0.3 is 0 Å². The Kier molecular flexibility index (Phi) is 7.69. The van der Waals surface area contributed by atoms with Crippen LogP contribution < -0.4 is 5.32 Å². The maximum Gasteiger partial charge on any atom is 0.291 e. The number of fused-ring (bicyclic) bond motifs is 1. The summed E-state index contributed by atoms with van der Waals surface area (Å²) in [6, 6.07) is 10.1. The summed E-state index contributed by atoms with van der Waals surface area (Å²) >= 11 is 0. The Morgan fingerprint density at radius 3 is 2.25 bits per heavy atom. The van der Waals surface area contributed by atoms with Gasteiger partial charge in [0.1, 0.15) is 11.4 Å². The molecular weight excluding hydrogens is 431 g/mol. The Morgan fingerprint density at radius 2 is 1.66 bits per heavy atom. The fourth-order valence-electron chi connectivity index (χ4n) is 3.47. The van der Waals surface area contributed by atoms with Crippen molar-refractivity contribution in [1.29, 1.82) is 0 Å². The number of hydrogen-bond acceptors (Lipinski definition) is 4. The van der Waals surface area contributed by atoms with Crippen molar-refractivity contribution < 1.29 is 22.0 Å². The van der Waals surface area contributed by atoms with Gasteiger partial charge in [-0.15, -0.1) is 0 Å². The minimum absolute atomic E-state index is 0.0905. The maximum absolute atomic E-state index is 13.3. The van der Waals surface area contributed by atoms with Crippen molar-refractivity contribution in [3.05, 3.63) is 59.6 Å². The van der Waals surface area contributed by atoms with Crippen LogP contribution in [0.15, 0.2) is 51.8 Å². The number of halogens is 1. The summed E-state index contributed by atoms with van der Waals surface area (Å²) in [5.41, 5.74) is 1.41. The van der Waals surface area contributed by atoms with Crippen molar-refractivity contribution in [1.82, 2.24) is 4.31 Å². The number of rotatable bonds is 10. The molecule has 0 spiro atoms. The lowest BCUT2D eigenvalue weighted by molar-refractivity contribution is 0.0998. The van der Waals surface area contributed by atoms with Gasteiger partial charge in [0.05, 0.1) is 4.90 Å². The van der Waals surface area contributed by atoms with Crippen molar-refractivity contribution >= 4 is 32.6 Å². The summed E-state index contributed by atoms with van der Waals surface area (Å²) in [5, 5.41) is 3.24. The number of carbonyl (C=O) groups is 1. The third kappa shape index (κ3) is 5.19. The van der Waals surface area contributed by atoms with Crippen LogP contribution in [0.1, 0.15) is 55.6 Å². The lowest BCUT2D eigenvalue weighted by Gasteiger charge is -2.22. The molecule has 0 saturated heterocycles. The normalized spacial score (nSPS) is 11.9. The highest BCUT2D eigenvalue weighted by atomic mass is 32.2. The van der Waals surface area contributed by atoms with Crippen LogP contribution in [0.25, 0.3) is 11.0 Å².